The third-order valence-electron chi connectivity index (χ3n) is 6.59. The maximum Gasteiger partial charge on any atom is 0.253 e. The summed E-state index contributed by atoms with van der Waals surface area (Å²) in [5, 5.41) is 9.00. The van der Waals surface area contributed by atoms with Gasteiger partial charge in [-0.25, -0.2) is 0 Å². The van der Waals surface area contributed by atoms with Crippen molar-refractivity contribution in [3.63, 3.8) is 0 Å². The molecule has 3 amide bonds. The van der Waals surface area contributed by atoms with Gasteiger partial charge in [-0.05, 0) is 60.3 Å². The van der Waals surface area contributed by atoms with Gasteiger partial charge in [-0.1, -0.05) is 35.3 Å². The molecule has 1 fully saturated rings. The maximum atomic E-state index is 13.8. The lowest BCUT2D eigenvalue weighted by atomic mass is 10.00. The van der Waals surface area contributed by atoms with Gasteiger partial charge in [0.2, 0.25) is 11.8 Å². The molecule has 5 rings (SSSR count). The van der Waals surface area contributed by atoms with E-state index in [1.54, 1.807) is 41.3 Å². The summed E-state index contributed by atoms with van der Waals surface area (Å²) in [6, 6.07) is 13.4. The van der Waals surface area contributed by atoms with E-state index in [1.807, 2.05) is 22.4 Å². The molecular weight excluding hydrogens is 531 g/mol. The van der Waals surface area contributed by atoms with Crippen molar-refractivity contribution in [3.05, 3.63) is 80.0 Å². The normalized spacial score (nSPS) is 18.0. The summed E-state index contributed by atoms with van der Waals surface area (Å²) in [6.45, 7) is 2.89. The molecular formula is C27H26Cl2N4O3S. The fourth-order valence-electron chi connectivity index (χ4n) is 4.82. The van der Waals surface area contributed by atoms with Crippen LogP contribution >= 0.6 is 34.5 Å². The SMILES string of the molecule is O=C1CC(c2ccc(Cl)cc2Cl)N(C(=O)Cc2cccs2)c2ccc(C(=O)N3CCCNCC3)cc2N1. The molecule has 0 spiro atoms. The number of rotatable bonds is 4. The third-order valence-corrected chi connectivity index (χ3v) is 8.03. The van der Waals surface area contributed by atoms with Crippen LogP contribution in [-0.4, -0.2) is 48.8 Å². The van der Waals surface area contributed by atoms with Crippen LogP contribution in [0.15, 0.2) is 53.9 Å². The summed E-state index contributed by atoms with van der Waals surface area (Å²) in [4.78, 5) is 44.5. The Morgan fingerprint density at radius 2 is 1.92 bits per heavy atom. The molecule has 2 aromatic carbocycles. The number of carbonyl (C=O) groups is 3. The highest BCUT2D eigenvalue weighted by atomic mass is 35.5. The Morgan fingerprint density at radius 1 is 1.05 bits per heavy atom. The number of fused-ring (bicyclic) bond motifs is 1. The first-order valence-corrected chi connectivity index (χ1v) is 13.8. The van der Waals surface area contributed by atoms with Crippen LogP contribution in [0.25, 0.3) is 0 Å². The molecule has 10 heteroatoms. The van der Waals surface area contributed by atoms with Crippen LogP contribution < -0.4 is 15.5 Å². The van der Waals surface area contributed by atoms with Gasteiger partial charge < -0.3 is 20.4 Å². The van der Waals surface area contributed by atoms with Gasteiger partial charge in [0.1, 0.15) is 0 Å². The molecule has 2 N–H and O–H groups in total. The van der Waals surface area contributed by atoms with Gasteiger partial charge in [0, 0.05) is 40.1 Å². The monoisotopic (exact) mass is 556 g/mol. The topological polar surface area (TPSA) is 81.8 Å². The Labute approximate surface area is 229 Å². The Balaban J connectivity index is 1.56. The van der Waals surface area contributed by atoms with Crippen LogP contribution in [0.1, 0.15) is 39.7 Å². The average Bonchev–Trinajstić information content (AvgIpc) is 3.15. The number of hydrogen-bond acceptors (Lipinski definition) is 5. The largest absolute Gasteiger partial charge is 0.337 e. The van der Waals surface area contributed by atoms with Crippen molar-refractivity contribution in [3.8, 4) is 0 Å². The molecule has 1 aromatic heterocycles. The average molecular weight is 558 g/mol. The summed E-state index contributed by atoms with van der Waals surface area (Å²) in [5.74, 6) is -0.542. The van der Waals surface area contributed by atoms with Crippen molar-refractivity contribution in [1.29, 1.82) is 0 Å². The molecule has 0 saturated carbocycles. The minimum Gasteiger partial charge on any atom is -0.337 e. The number of halogens is 2. The predicted molar refractivity (Wildman–Crippen MR) is 148 cm³/mol. The molecule has 2 aliphatic rings. The maximum absolute atomic E-state index is 13.8. The predicted octanol–water partition coefficient (Wildman–Crippen LogP) is 5.15. The highest BCUT2D eigenvalue weighted by molar-refractivity contribution is 7.10. The number of amides is 3. The van der Waals surface area contributed by atoms with Crippen LogP contribution in [-0.2, 0) is 16.0 Å². The standard InChI is InChI=1S/C27H26Cl2N4O3S/c28-18-5-6-20(21(29)14-18)24-16-25(34)31-22-13-17(27(36)32-10-2-8-30-9-11-32)4-7-23(22)33(24)26(35)15-19-3-1-12-37-19/h1,3-7,12-14,24,30H,2,8-11,15-16H2,(H,31,34). The second-order valence-electron chi connectivity index (χ2n) is 9.08. The lowest BCUT2D eigenvalue weighted by Crippen LogP contribution is -2.36. The van der Waals surface area contributed by atoms with Crippen molar-refractivity contribution in [2.24, 2.45) is 0 Å². The van der Waals surface area contributed by atoms with Crippen molar-refractivity contribution >= 4 is 63.6 Å². The number of nitrogens with zero attached hydrogens (tertiary/aromatic N) is 2. The summed E-state index contributed by atoms with van der Waals surface area (Å²) < 4.78 is 0. The highest BCUT2D eigenvalue weighted by Gasteiger charge is 2.35. The van der Waals surface area contributed by atoms with E-state index >= 15 is 0 Å². The zero-order valence-corrected chi connectivity index (χ0v) is 22.3. The second-order valence-corrected chi connectivity index (χ2v) is 11.0. The smallest absolute Gasteiger partial charge is 0.253 e. The first-order valence-electron chi connectivity index (χ1n) is 12.1. The minimum absolute atomic E-state index is 0.00723. The lowest BCUT2D eigenvalue weighted by molar-refractivity contribution is -0.119. The van der Waals surface area contributed by atoms with Gasteiger partial charge in [-0.3, -0.25) is 14.4 Å². The number of benzene rings is 2. The van der Waals surface area contributed by atoms with Crippen LogP contribution in [0.2, 0.25) is 10.0 Å². The molecule has 0 aliphatic carbocycles. The molecule has 3 heterocycles. The Bertz CT molecular complexity index is 1320. The Hall–Kier alpha value is -2.91. The van der Waals surface area contributed by atoms with Crippen molar-refractivity contribution in [2.75, 3.05) is 36.4 Å². The summed E-state index contributed by atoms with van der Waals surface area (Å²) in [7, 11) is 0. The molecule has 0 bridgehead atoms. The summed E-state index contributed by atoms with van der Waals surface area (Å²) in [6.07, 6.45) is 1.06. The number of anilines is 2. The number of hydrogen-bond donors (Lipinski definition) is 2. The summed E-state index contributed by atoms with van der Waals surface area (Å²) in [5.41, 5.74) is 2.05. The van der Waals surface area contributed by atoms with Gasteiger partial charge in [0.05, 0.1) is 30.3 Å². The Kier molecular flexibility index (Phi) is 7.81. The zero-order valence-electron chi connectivity index (χ0n) is 20.0. The van der Waals surface area contributed by atoms with Crippen molar-refractivity contribution in [2.45, 2.75) is 25.3 Å². The lowest BCUT2D eigenvalue weighted by Gasteiger charge is -2.31. The Morgan fingerprint density at radius 3 is 2.70 bits per heavy atom. The number of carbonyl (C=O) groups excluding carboxylic acids is 3. The number of nitrogens with one attached hydrogen (secondary N) is 2. The zero-order chi connectivity index (χ0) is 25.9. The molecule has 0 radical (unpaired) electrons. The first-order chi connectivity index (χ1) is 17.9. The second kappa shape index (κ2) is 11.2. The first kappa shape index (κ1) is 25.7. The van der Waals surface area contributed by atoms with E-state index in [1.165, 1.54) is 11.3 Å². The fourth-order valence-corrected chi connectivity index (χ4v) is 6.05. The van der Waals surface area contributed by atoms with E-state index in [4.69, 9.17) is 23.2 Å². The molecule has 1 unspecified atom stereocenters. The molecule has 192 valence electrons. The van der Waals surface area contributed by atoms with Gasteiger partial charge in [0.25, 0.3) is 5.91 Å². The molecule has 1 saturated heterocycles. The molecule has 7 nitrogen and oxygen atoms in total. The molecule has 2 aliphatic heterocycles. The van der Waals surface area contributed by atoms with Crippen LogP contribution in [0.3, 0.4) is 0 Å². The fraction of sp³-hybridized carbons (Fsp3) is 0.296. The van der Waals surface area contributed by atoms with Crippen molar-refractivity contribution < 1.29 is 14.4 Å². The summed E-state index contributed by atoms with van der Waals surface area (Å²) >= 11 is 14.2. The van der Waals surface area contributed by atoms with Crippen molar-refractivity contribution in [1.82, 2.24) is 10.2 Å². The molecule has 1 atom stereocenters. The van der Waals surface area contributed by atoms with E-state index in [0.29, 0.717) is 45.6 Å². The highest BCUT2D eigenvalue weighted by Crippen LogP contribution is 2.41. The van der Waals surface area contributed by atoms with E-state index in [0.717, 1.165) is 24.4 Å². The van der Waals surface area contributed by atoms with Gasteiger partial charge in [-0.15, -0.1) is 11.3 Å². The van der Waals surface area contributed by atoms with Crippen LogP contribution in [0, 0.1) is 0 Å². The van der Waals surface area contributed by atoms with E-state index in [2.05, 4.69) is 10.6 Å². The van der Waals surface area contributed by atoms with Gasteiger partial charge in [0.15, 0.2) is 0 Å². The van der Waals surface area contributed by atoms with E-state index in [-0.39, 0.29) is 30.6 Å². The van der Waals surface area contributed by atoms with Gasteiger partial charge >= 0.3 is 0 Å². The molecule has 37 heavy (non-hydrogen) atoms. The van der Waals surface area contributed by atoms with Crippen LogP contribution in [0.5, 0.6) is 0 Å². The van der Waals surface area contributed by atoms with E-state index < -0.39 is 6.04 Å². The third kappa shape index (κ3) is 5.67. The van der Waals surface area contributed by atoms with E-state index in [9.17, 15) is 14.4 Å². The van der Waals surface area contributed by atoms with Crippen LogP contribution in [0.4, 0.5) is 11.4 Å². The molecule has 3 aromatic rings. The quantitative estimate of drug-likeness (QED) is 0.465. The minimum atomic E-state index is -0.642. The number of thiophene rings is 1. The van der Waals surface area contributed by atoms with Gasteiger partial charge in [-0.2, -0.15) is 0 Å².